The van der Waals surface area contributed by atoms with E-state index in [1.165, 1.54) is 0 Å². The first kappa shape index (κ1) is 9.96. The van der Waals surface area contributed by atoms with Crippen LogP contribution in [0.4, 0.5) is 11.5 Å². The van der Waals surface area contributed by atoms with Gasteiger partial charge >= 0.3 is 0 Å². The molecule has 0 saturated heterocycles. The van der Waals surface area contributed by atoms with Gasteiger partial charge in [0.2, 0.25) is 5.91 Å². The molecule has 0 saturated carbocycles. The Kier molecular flexibility index (Phi) is 2.58. The standard InChI is InChI=1S/C11H15N3O/c1-3-14-8(2)7-10(15)13-9-5-4-6-12-11(9)14/h4-6,8H,3,7H2,1-2H3,(H,13,15). The number of nitrogens with zero attached hydrogens (tertiary/aromatic N) is 2. The Balaban J connectivity index is 2.46. The van der Waals surface area contributed by atoms with Crippen molar-refractivity contribution in [3.8, 4) is 0 Å². The minimum atomic E-state index is 0.0627. The topological polar surface area (TPSA) is 45.2 Å². The number of anilines is 2. The molecule has 0 aromatic carbocycles. The van der Waals surface area contributed by atoms with Gasteiger partial charge in [-0.3, -0.25) is 4.79 Å². The van der Waals surface area contributed by atoms with Gasteiger partial charge in [-0.25, -0.2) is 4.98 Å². The van der Waals surface area contributed by atoms with Gasteiger partial charge in [0.25, 0.3) is 0 Å². The van der Waals surface area contributed by atoms with Crippen LogP contribution in [0.1, 0.15) is 20.3 Å². The molecule has 15 heavy (non-hydrogen) atoms. The number of nitrogens with one attached hydrogen (secondary N) is 1. The molecule has 1 aromatic heterocycles. The second-order valence-electron chi connectivity index (χ2n) is 3.76. The van der Waals surface area contributed by atoms with Crippen molar-refractivity contribution in [2.75, 3.05) is 16.8 Å². The molecule has 1 aliphatic rings. The van der Waals surface area contributed by atoms with Crippen molar-refractivity contribution in [1.82, 2.24) is 4.98 Å². The molecule has 1 aromatic rings. The third-order valence-corrected chi connectivity index (χ3v) is 2.69. The quantitative estimate of drug-likeness (QED) is 0.758. The summed E-state index contributed by atoms with van der Waals surface area (Å²) in [6.07, 6.45) is 2.27. The lowest BCUT2D eigenvalue weighted by atomic mass is 10.2. The number of fused-ring (bicyclic) bond motifs is 1. The summed E-state index contributed by atoms with van der Waals surface area (Å²) in [4.78, 5) is 18.0. The largest absolute Gasteiger partial charge is 0.352 e. The number of hydrogen-bond donors (Lipinski definition) is 1. The highest BCUT2D eigenvalue weighted by molar-refractivity contribution is 5.95. The van der Waals surface area contributed by atoms with Crippen LogP contribution in [0.3, 0.4) is 0 Å². The van der Waals surface area contributed by atoms with Gasteiger partial charge in [0.15, 0.2) is 5.82 Å². The van der Waals surface area contributed by atoms with Gasteiger partial charge in [-0.15, -0.1) is 0 Å². The molecule has 1 N–H and O–H groups in total. The summed E-state index contributed by atoms with van der Waals surface area (Å²) in [6.45, 7) is 4.98. The van der Waals surface area contributed by atoms with Gasteiger partial charge in [-0.2, -0.15) is 0 Å². The van der Waals surface area contributed by atoms with Crippen LogP contribution in [0.15, 0.2) is 18.3 Å². The van der Waals surface area contributed by atoms with E-state index in [1.807, 2.05) is 19.1 Å². The fourth-order valence-electron chi connectivity index (χ4n) is 1.97. The predicted octanol–water partition coefficient (Wildman–Crippen LogP) is 1.64. The van der Waals surface area contributed by atoms with Gasteiger partial charge in [0, 0.05) is 25.2 Å². The molecule has 1 aliphatic heterocycles. The summed E-state index contributed by atoms with van der Waals surface area (Å²) >= 11 is 0. The lowest BCUT2D eigenvalue weighted by Gasteiger charge is -2.26. The average molecular weight is 205 g/mol. The van der Waals surface area contributed by atoms with Crippen LogP contribution in [-0.2, 0) is 4.79 Å². The van der Waals surface area contributed by atoms with Gasteiger partial charge in [0.1, 0.15) is 0 Å². The van der Waals surface area contributed by atoms with Crippen LogP contribution in [0, 0.1) is 0 Å². The van der Waals surface area contributed by atoms with Crippen LogP contribution in [0.5, 0.6) is 0 Å². The Labute approximate surface area is 89.3 Å². The zero-order valence-electron chi connectivity index (χ0n) is 9.03. The van der Waals surface area contributed by atoms with E-state index in [-0.39, 0.29) is 11.9 Å². The van der Waals surface area contributed by atoms with Gasteiger partial charge in [-0.05, 0) is 26.0 Å². The predicted molar refractivity (Wildman–Crippen MR) is 60.0 cm³/mol. The van der Waals surface area contributed by atoms with E-state index >= 15 is 0 Å². The van der Waals surface area contributed by atoms with Crippen LogP contribution in [0.2, 0.25) is 0 Å². The number of hydrogen-bond acceptors (Lipinski definition) is 3. The first-order valence-corrected chi connectivity index (χ1v) is 5.24. The zero-order valence-corrected chi connectivity index (χ0v) is 9.03. The Morgan fingerprint density at radius 1 is 1.67 bits per heavy atom. The normalized spacial score (nSPS) is 20.5. The summed E-state index contributed by atoms with van der Waals surface area (Å²) in [5.74, 6) is 0.936. The highest BCUT2D eigenvalue weighted by Gasteiger charge is 2.24. The molecule has 4 heteroatoms. The first-order valence-electron chi connectivity index (χ1n) is 5.24. The number of aromatic nitrogens is 1. The molecule has 2 heterocycles. The summed E-state index contributed by atoms with van der Waals surface area (Å²) in [7, 11) is 0. The van der Waals surface area contributed by atoms with Crippen LogP contribution < -0.4 is 10.2 Å². The molecule has 4 nitrogen and oxygen atoms in total. The smallest absolute Gasteiger partial charge is 0.226 e. The fourth-order valence-corrected chi connectivity index (χ4v) is 1.97. The van der Waals surface area contributed by atoms with Crippen molar-refractivity contribution in [2.45, 2.75) is 26.3 Å². The molecule has 0 spiro atoms. The third-order valence-electron chi connectivity index (χ3n) is 2.69. The first-order chi connectivity index (χ1) is 7.22. The maximum Gasteiger partial charge on any atom is 0.226 e. The molecular formula is C11H15N3O. The summed E-state index contributed by atoms with van der Waals surface area (Å²) in [5, 5.41) is 2.87. The van der Waals surface area contributed by atoms with Gasteiger partial charge in [-0.1, -0.05) is 0 Å². The zero-order chi connectivity index (χ0) is 10.8. The summed E-state index contributed by atoms with van der Waals surface area (Å²) < 4.78 is 0. The van der Waals surface area contributed by atoms with Crippen molar-refractivity contribution in [3.63, 3.8) is 0 Å². The van der Waals surface area contributed by atoms with E-state index in [2.05, 4.69) is 22.1 Å². The molecule has 0 aliphatic carbocycles. The number of carbonyl (C=O) groups is 1. The monoisotopic (exact) mass is 205 g/mol. The highest BCUT2D eigenvalue weighted by atomic mass is 16.1. The molecule has 2 rings (SSSR count). The van der Waals surface area contributed by atoms with E-state index in [0.717, 1.165) is 18.1 Å². The van der Waals surface area contributed by atoms with Crippen molar-refractivity contribution in [3.05, 3.63) is 18.3 Å². The van der Waals surface area contributed by atoms with Crippen molar-refractivity contribution < 1.29 is 4.79 Å². The Hall–Kier alpha value is -1.58. The number of carbonyl (C=O) groups excluding carboxylic acids is 1. The number of amides is 1. The highest BCUT2D eigenvalue weighted by Crippen LogP contribution is 2.28. The van der Waals surface area contributed by atoms with Crippen molar-refractivity contribution in [2.24, 2.45) is 0 Å². The molecule has 0 fully saturated rings. The molecular weight excluding hydrogens is 190 g/mol. The maximum absolute atomic E-state index is 11.6. The van der Waals surface area contributed by atoms with E-state index in [9.17, 15) is 4.79 Å². The fraction of sp³-hybridized carbons (Fsp3) is 0.455. The Morgan fingerprint density at radius 3 is 3.20 bits per heavy atom. The summed E-state index contributed by atoms with van der Waals surface area (Å²) in [6, 6.07) is 3.93. The number of rotatable bonds is 1. The van der Waals surface area contributed by atoms with Gasteiger partial charge < -0.3 is 10.2 Å². The van der Waals surface area contributed by atoms with E-state index in [4.69, 9.17) is 0 Å². The minimum Gasteiger partial charge on any atom is -0.352 e. The van der Waals surface area contributed by atoms with Crippen molar-refractivity contribution in [1.29, 1.82) is 0 Å². The van der Waals surface area contributed by atoms with Gasteiger partial charge in [0.05, 0.1) is 5.69 Å². The lowest BCUT2D eigenvalue weighted by molar-refractivity contribution is -0.116. The average Bonchev–Trinajstić information content (AvgIpc) is 2.32. The van der Waals surface area contributed by atoms with E-state index in [0.29, 0.717) is 6.42 Å². The second-order valence-corrected chi connectivity index (χ2v) is 3.76. The molecule has 1 atom stereocenters. The second kappa shape index (κ2) is 3.88. The maximum atomic E-state index is 11.6. The molecule has 0 radical (unpaired) electrons. The Bertz CT molecular complexity index is 378. The SMILES string of the molecule is CCN1c2ncccc2NC(=O)CC1C. The van der Waals surface area contributed by atoms with Crippen molar-refractivity contribution >= 4 is 17.4 Å². The van der Waals surface area contributed by atoms with E-state index < -0.39 is 0 Å². The van der Waals surface area contributed by atoms with Crippen LogP contribution in [-0.4, -0.2) is 23.5 Å². The van der Waals surface area contributed by atoms with Crippen LogP contribution in [0.25, 0.3) is 0 Å². The molecule has 1 unspecified atom stereocenters. The third kappa shape index (κ3) is 1.79. The van der Waals surface area contributed by atoms with E-state index in [1.54, 1.807) is 6.20 Å². The Morgan fingerprint density at radius 2 is 2.47 bits per heavy atom. The lowest BCUT2D eigenvalue weighted by Crippen LogP contribution is -2.33. The number of pyridine rings is 1. The molecule has 1 amide bonds. The summed E-state index contributed by atoms with van der Waals surface area (Å²) in [5.41, 5.74) is 0.814. The molecule has 0 bridgehead atoms. The minimum absolute atomic E-state index is 0.0627. The molecule has 80 valence electrons. The van der Waals surface area contributed by atoms with Crippen LogP contribution >= 0.6 is 0 Å².